The fourth-order valence-electron chi connectivity index (χ4n) is 4.05. The average molecular weight is 669 g/mol. The van der Waals surface area contributed by atoms with Gasteiger partial charge in [-0.25, -0.2) is 20.4 Å². The molecule has 0 fully saturated rings. The standard InChI is InChI=1S/C35H32N4O10/c1-44-26-11-7-24(8-12-26)34(42)48-28-15-5-22(17-30(28)46-3)20-36-38-32(40)19-33(41)39-37-21-23-6-16-29(31(18-23)47-4)49-35(43)25-9-13-27(45-2)14-10-25/h5-18,20-21H,19H2,1-4H3,(H,38,40)(H,39,41)/b36-20-,37-21-. The van der Waals surface area contributed by atoms with E-state index in [9.17, 15) is 19.2 Å². The third-order valence-corrected chi connectivity index (χ3v) is 6.56. The van der Waals surface area contributed by atoms with E-state index in [2.05, 4.69) is 21.1 Å². The number of carbonyl (C=O) groups excluding carboxylic acids is 4. The maximum atomic E-state index is 12.5. The number of esters is 2. The number of rotatable bonds is 14. The Morgan fingerprint density at radius 2 is 0.918 bits per heavy atom. The Balaban J connectivity index is 1.24. The second kappa shape index (κ2) is 17.3. The number of methoxy groups -OCH3 is 4. The molecule has 0 spiro atoms. The lowest BCUT2D eigenvalue weighted by Gasteiger charge is -2.10. The minimum atomic E-state index is -0.689. The lowest BCUT2D eigenvalue weighted by atomic mass is 10.2. The van der Waals surface area contributed by atoms with Gasteiger partial charge in [0.05, 0.1) is 52.0 Å². The number of hydrazone groups is 2. The first-order valence-corrected chi connectivity index (χ1v) is 14.4. The fraction of sp³-hybridized carbons (Fsp3) is 0.143. The molecule has 0 unspecified atom stereocenters. The summed E-state index contributed by atoms with van der Waals surface area (Å²) in [6.07, 6.45) is 2.11. The Labute approximate surface area is 281 Å². The van der Waals surface area contributed by atoms with Crippen LogP contribution < -0.4 is 39.3 Å². The van der Waals surface area contributed by atoms with Crippen molar-refractivity contribution in [1.82, 2.24) is 10.9 Å². The summed E-state index contributed by atoms with van der Waals surface area (Å²) in [6, 6.07) is 22.2. The quantitative estimate of drug-likeness (QED) is 0.0654. The van der Waals surface area contributed by atoms with Gasteiger partial charge in [-0.15, -0.1) is 0 Å². The van der Waals surface area contributed by atoms with E-state index in [4.69, 9.17) is 28.4 Å². The van der Waals surface area contributed by atoms with E-state index in [1.807, 2.05) is 0 Å². The van der Waals surface area contributed by atoms with Crippen molar-refractivity contribution in [2.45, 2.75) is 6.42 Å². The number of amides is 2. The van der Waals surface area contributed by atoms with E-state index in [1.165, 1.54) is 53.0 Å². The first-order chi connectivity index (χ1) is 23.7. The summed E-state index contributed by atoms with van der Waals surface area (Å²) in [5.74, 6) is -0.449. The van der Waals surface area contributed by atoms with Gasteiger partial charge in [-0.2, -0.15) is 10.2 Å². The van der Waals surface area contributed by atoms with E-state index in [0.717, 1.165) is 0 Å². The molecule has 0 bridgehead atoms. The molecule has 0 saturated heterocycles. The molecule has 0 aliphatic carbocycles. The van der Waals surface area contributed by atoms with Gasteiger partial charge in [0.25, 0.3) is 0 Å². The molecule has 0 heterocycles. The highest BCUT2D eigenvalue weighted by atomic mass is 16.6. The predicted octanol–water partition coefficient (Wildman–Crippen LogP) is 4.15. The molecule has 252 valence electrons. The predicted molar refractivity (Wildman–Crippen MR) is 178 cm³/mol. The molecule has 0 aliphatic heterocycles. The molecule has 0 atom stereocenters. The van der Waals surface area contributed by atoms with E-state index in [-0.39, 0.29) is 23.0 Å². The van der Waals surface area contributed by atoms with E-state index < -0.39 is 30.2 Å². The molecule has 14 nitrogen and oxygen atoms in total. The summed E-state index contributed by atoms with van der Waals surface area (Å²) in [4.78, 5) is 49.4. The zero-order valence-electron chi connectivity index (χ0n) is 26.9. The topological polar surface area (TPSA) is 172 Å². The number of benzene rings is 4. The van der Waals surface area contributed by atoms with Crippen molar-refractivity contribution < 1.29 is 47.6 Å². The monoisotopic (exact) mass is 668 g/mol. The Morgan fingerprint density at radius 3 is 1.27 bits per heavy atom. The molecule has 4 rings (SSSR count). The minimum absolute atomic E-state index is 0.185. The highest BCUT2D eigenvalue weighted by Gasteiger charge is 2.15. The second-order valence-electron chi connectivity index (χ2n) is 9.82. The number of hydrogen-bond donors (Lipinski definition) is 2. The molecular formula is C35H32N4O10. The fourth-order valence-corrected chi connectivity index (χ4v) is 4.05. The number of nitrogens with one attached hydrogen (secondary N) is 2. The summed E-state index contributed by atoms with van der Waals surface area (Å²) in [7, 11) is 5.88. The maximum absolute atomic E-state index is 12.5. The van der Waals surface area contributed by atoms with Gasteiger partial charge in [-0.3, -0.25) is 9.59 Å². The largest absolute Gasteiger partial charge is 0.497 e. The Bertz CT molecular complexity index is 1720. The van der Waals surface area contributed by atoms with Gasteiger partial charge in [0, 0.05) is 0 Å². The van der Waals surface area contributed by atoms with Gasteiger partial charge in [0.2, 0.25) is 11.8 Å². The van der Waals surface area contributed by atoms with E-state index >= 15 is 0 Å². The van der Waals surface area contributed by atoms with Gasteiger partial charge < -0.3 is 28.4 Å². The van der Waals surface area contributed by atoms with Crippen molar-refractivity contribution in [3.05, 3.63) is 107 Å². The SMILES string of the molecule is COc1ccc(C(=O)Oc2ccc(/C=N\NC(=O)CC(=O)N/N=C\c3ccc(OC(=O)c4ccc(OC)cc4)c(OC)c3)cc2OC)cc1. The molecule has 2 amide bonds. The number of hydrogen-bond acceptors (Lipinski definition) is 12. The van der Waals surface area contributed by atoms with Crippen LogP contribution in [0.1, 0.15) is 38.3 Å². The summed E-state index contributed by atoms with van der Waals surface area (Å²) < 4.78 is 31.7. The third kappa shape index (κ3) is 10.1. The van der Waals surface area contributed by atoms with Crippen LogP contribution in [0.25, 0.3) is 0 Å². The van der Waals surface area contributed by atoms with E-state index in [1.54, 1.807) is 72.8 Å². The Kier molecular flexibility index (Phi) is 12.4. The molecule has 49 heavy (non-hydrogen) atoms. The van der Waals surface area contributed by atoms with Crippen LogP contribution in [0.15, 0.2) is 95.1 Å². The van der Waals surface area contributed by atoms with Crippen LogP contribution in [0.2, 0.25) is 0 Å². The van der Waals surface area contributed by atoms with Gasteiger partial charge in [0.1, 0.15) is 17.9 Å². The van der Waals surface area contributed by atoms with Gasteiger partial charge >= 0.3 is 11.9 Å². The molecule has 0 aromatic heterocycles. The van der Waals surface area contributed by atoms with Crippen LogP contribution in [-0.4, -0.2) is 64.6 Å². The molecule has 4 aromatic carbocycles. The lowest BCUT2D eigenvalue weighted by molar-refractivity contribution is -0.129. The summed E-state index contributed by atoms with van der Waals surface area (Å²) >= 11 is 0. The number of carbonyl (C=O) groups is 4. The summed E-state index contributed by atoms with van der Waals surface area (Å²) in [5.41, 5.74) is 6.21. The van der Waals surface area contributed by atoms with Crippen LogP contribution in [-0.2, 0) is 9.59 Å². The zero-order valence-corrected chi connectivity index (χ0v) is 26.9. The van der Waals surface area contributed by atoms with Crippen LogP contribution in [0.5, 0.6) is 34.5 Å². The lowest BCUT2D eigenvalue weighted by Crippen LogP contribution is -2.27. The molecule has 4 aromatic rings. The van der Waals surface area contributed by atoms with Crippen LogP contribution in [0.4, 0.5) is 0 Å². The maximum Gasteiger partial charge on any atom is 0.343 e. The minimum Gasteiger partial charge on any atom is -0.497 e. The van der Waals surface area contributed by atoms with Gasteiger partial charge in [0.15, 0.2) is 23.0 Å². The van der Waals surface area contributed by atoms with Gasteiger partial charge in [-0.1, -0.05) is 0 Å². The second-order valence-corrected chi connectivity index (χ2v) is 9.82. The van der Waals surface area contributed by atoms with Crippen LogP contribution in [0.3, 0.4) is 0 Å². The molecule has 14 heteroatoms. The zero-order chi connectivity index (χ0) is 35.2. The number of ether oxygens (including phenoxy) is 6. The summed E-state index contributed by atoms with van der Waals surface area (Å²) in [5, 5.41) is 7.71. The van der Waals surface area contributed by atoms with Crippen molar-refractivity contribution in [2.75, 3.05) is 28.4 Å². The Hall–Kier alpha value is -6.70. The summed E-state index contributed by atoms with van der Waals surface area (Å²) in [6.45, 7) is 0. The van der Waals surface area contributed by atoms with Crippen molar-refractivity contribution in [3.8, 4) is 34.5 Å². The van der Waals surface area contributed by atoms with Crippen LogP contribution in [0, 0.1) is 0 Å². The molecule has 2 N–H and O–H groups in total. The van der Waals surface area contributed by atoms with Crippen molar-refractivity contribution in [1.29, 1.82) is 0 Å². The third-order valence-electron chi connectivity index (χ3n) is 6.56. The average Bonchev–Trinajstić information content (AvgIpc) is 3.12. The molecular weight excluding hydrogens is 636 g/mol. The van der Waals surface area contributed by atoms with E-state index in [0.29, 0.717) is 33.8 Å². The first kappa shape index (κ1) is 35.2. The van der Waals surface area contributed by atoms with Crippen molar-refractivity contribution in [3.63, 3.8) is 0 Å². The van der Waals surface area contributed by atoms with Crippen molar-refractivity contribution >= 4 is 36.2 Å². The molecule has 0 radical (unpaired) electrons. The molecule has 0 saturated carbocycles. The van der Waals surface area contributed by atoms with Crippen LogP contribution >= 0.6 is 0 Å². The highest BCUT2D eigenvalue weighted by Crippen LogP contribution is 2.30. The smallest absolute Gasteiger partial charge is 0.343 e. The number of nitrogens with zero attached hydrogens (tertiary/aromatic N) is 2. The normalized spacial score (nSPS) is 10.7. The first-order valence-electron chi connectivity index (χ1n) is 14.4. The Morgan fingerprint density at radius 1 is 0.531 bits per heavy atom. The van der Waals surface area contributed by atoms with Crippen molar-refractivity contribution in [2.24, 2.45) is 10.2 Å². The van der Waals surface area contributed by atoms with Gasteiger partial charge in [-0.05, 0) is 96.1 Å². The molecule has 0 aliphatic rings. The highest BCUT2D eigenvalue weighted by molar-refractivity contribution is 5.97.